The highest BCUT2D eigenvalue weighted by atomic mass is 16.1. The molecule has 0 aromatic heterocycles. The Kier molecular flexibility index (Phi) is 10.0. The molecule has 0 aliphatic heterocycles. The summed E-state index contributed by atoms with van der Waals surface area (Å²) in [7, 11) is 0. The zero-order chi connectivity index (χ0) is 14.0. The van der Waals surface area contributed by atoms with Gasteiger partial charge in [-0.3, -0.25) is 4.79 Å². The van der Waals surface area contributed by atoms with Crippen LogP contribution in [0.25, 0.3) is 0 Å². The normalized spacial score (nSPS) is 14.7. The molecule has 0 saturated heterocycles. The fraction of sp³-hybridized carbons (Fsp3) is 0.933. The lowest BCUT2D eigenvalue weighted by Crippen LogP contribution is -2.45. The summed E-state index contributed by atoms with van der Waals surface area (Å²) in [4.78, 5) is 14.1. The van der Waals surface area contributed by atoms with Crippen LogP contribution in [-0.2, 0) is 4.79 Å². The Bertz CT molecular complexity index is 215. The first-order valence-electron chi connectivity index (χ1n) is 7.65. The number of nitrogens with two attached hydrogens (primary N) is 1. The molecule has 2 N–H and O–H groups in total. The van der Waals surface area contributed by atoms with Crippen molar-refractivity contribution in [3.63, 3.8) is 0 Å². The molecule has 2 atom stereocenters. The highest BCUT2D eigenvalue weighted by Gasteiger charge is 2.28. The monoisotopic (exact) mass is 256 g/mol. The molecule has 0 saturated carbocycles. The summed E-state index contributed by atoms with van der Waals surface area (Å²) >= 11 is 0. The SMILES string of the molecule is CCCCCCC(C(N)=O)C(CC)N(CC)CC. The summed E-state index contributed by atoms with van der Waals surface area (Å²) in [6, 6.07) is 0.319. The van der Waals surface area contributed by atoms with E-state index in [2.05, 4.69) is 32.6 Å². The van der Waals surface area contributed by atoms with E-state index in [0.29, 0.717) is 6.04 Å². The Balaban J connectivity index is 4.47. The molecule has 3 heteroatoms. The highest BCUT2D eigenvalue weighted by Crippen LogP contribution is 2.21. The standard InChI is InChI=1S/C15H32N2O/c1-5-9-10-11-12-13(15(16)18)14(6-2)17(7-3)8-4/h13-14H,5-12H2,1-4H3,(H2,16,18). The van der Waals surface area contributed by atoms with Crippen molar-refractivity contribution in [1.82, 2.24) is 4.90 Å². The maximum Gasteiger partial charge on any atom is 0.222 e. The minimum atomic E-state index is -0.120. The van der Waals surface area contributed by atoms with E-state index in [1.54, 1.807) is 0 Å². The van der Waals surface area contributed by atoms with Crippen LogP contribution >= 0.6 is 0 Å². The van der Waals surface area contributed by atoms with Crippen molar-refractivity contribution in [1.29, 1.82) is 0 Å². The molecule has 1 amide bonds. The number of carbonyl (C=O) groups excluding carboxylic acids is 1. The number of carbonyl (C=O) groups is 1. The summed E-state index contributed by atoms with van der Waals surface area (Å²) in [6.07, 6.45) is 6.78. The van der Waals surface area contributed by atoms with Gasteiger partial charge in [0.1, 0.15) is 0 Å². The van der Waals surface area contributed by atoms with Crippen molar-refractivity contribution in [2.75, 3.05) is 13.1 Å². The van der Waals surface area contributed by atoms with Gasteiger partial charge < -0.3 is 10.6 Å². The van der Waals surface area contributed by atoms with Gasteiger partial charge in [0.25, 0.3) is 0 Å². The van der Waals surface area contributed by atoms with E-state index in [9.17, 15) is 4.79 Å². The minimum Gasteiger partial charge on any atom is -0.369 e. The molecule has 0 radical (unpaired) electrons. The van der Waals surface area contributed by atoms with E-state index >= 15 is 0 Å². The molecule has 0 aromatic carbocycles. The lowest BCUT2D eigenvalue weighted by atomic mass is 9.89. The number of hydrogen-bond donors (Lipinski definition) is 1. The maximum absolute atomic E-state index is 11.7. The summed E-state index contributed by atoms with van der Waals surface area (Å²) in [5, 5.41) is 0. The molecule has 0 aromatic rings. The molecule has 108 valence electrons. The topological polar surface area (TPSA) is 46.3 Å². The number of amides is 1. The predicted octanol–water partition coefficient (Wildman–Crippen LogP) is 3.18. The van der Waals surface area contributed by atoms with Crippen LogP contribution in [-0.4, -0.2) is 29.9 Å². The van der Waals surface area contributed by atoms with Gasteiger partial charge in [-0.05, 0) is 25.9 Å². The highest BCUT2D eigenvalue weighted by molar-refractivity contribution is 5.77. The van der Waals surface area contributed by atoms with Gasteiger partial charge in [-0.25, -0.2) is 0 Å². The smallest absolute Gasteiger partial charge is 0.222 e. The summed E-state index contributed by atoms with van der Waals surface area (Å²) in [6.45, 7) is 10.7. The van der Waals surface area contributed by atoms with Crippen LogP contribution in [0.3, 0.4) is 0 Å². The zero-order valence-corrected chi connectivity index (χ0v) is 12.7. The molecular weight excluding hydrogens is 224 g/mol. The molecule has 18 heavy (non-hydrogen) atoms. The first-order valence-corrected chi connectivity index (χ1v) is 7.65. The second-order valence-electron chi connectivity index (χ2n) is 5.06. The fourth-order valence-electron chi connectivity index (χ4n) is 2.81. The van der Waals surface area contributed by atoms with Crippen LogP contribution in [0.5, 0.6) is 0 Å². The van der Waals surface area contributed by atoms with Gasteiger partial charge in [0.2, 0.25) is 5.91 Å². The molecule has 0 aliphatic carbocycles. The number of nitrogens with zero attached hydrogens (tertiary/aromatic N) is 1. The maximum atomic E-state index is 11.7. The van der Waals surface area contributed by atoms with Gasteiger partial charge in [-0.1, -0.05) is 53.4 Å². The average molecular weight is 256 g/mol. The van der Waals surface area contributed by atoms with Crippen LogP contribution in [0.2, 0.25) is 0 Å². The molecule has 2 unspecified atom stereocenters. The van der Waals surface area contributed by atoms with Crippen molar-refractivity contribution in [3.05, 3.63) is 0 Å². The summed E-state index contributed by atoms with van der Waals surface area (Å²) < 4.78 is 0. The molecule has 0 fully saturated rings. The van der Waals surface area contributed by atoms with Crippen LogP contribution in [0.15, 0.2) is 0 Å². The van der Waals surface area contributed by atoms with Gasteiger partial charge in [-0.15, -0.1) is 0 Å². The molecule has 0 spiro atoms. The third-order valence-corrected chi connectivity index (χ3v) is 3.90. The largest absolute Gasteiger partial charge is 0.369 e. The van der Waals surface area contributed by atoms with E-state index < -0.39 is 0 Å². The van der Waals surface area contributed by atoms with Crippen molar-refractivity contribution >= 4 is 5.91 Å². The first-order chi connectivity index (χ1) is 8.62. The second kappa shape index (κ2) is 10.4. The predicted molar refractivity (Wildman–Crippen MR) is 78.4 cm³/mol. The Morgan fingerprint density at radius 1 is 1.06 bits per heavy atom. The molecule has 0 aliphatic rings. The minimum absolute atomic E-state index is 0.0201. The van der Waals surface area contributed by atoms with Crippen LogP contribution < -0.4 is 5.73 Å². The number of rotatable bonds is 11. The van der Waals surface area contributed by atoms with Gasteiger partial charge in [0.15, 0.2) is 0 Å². The van der Waals surface area contributed by atoms with Crippen molar-refractivity contribution in [3.8, 4) is 0 Å². The van der Waals surface area contributed by atoms with Gasteiger partial charge >= 0.3 is 0 Å². The molecular formula is C15H32N2O. The molecule has 0 rings (SSSR count). The van der Waals surface area contributed by atoms with Crippen molar-refractivity contribution in [2.45, 2.75) is 72.3 Å². The Hall–Kier alpha value is -0.570. The summed E-state index contributed by atoms with van der Waals surface area (Å²) in [5.74, 6) is -0.1000. The van der Waals surface area contributed by atoms with Crippen LogP contribution in [0.4, 0.5) is 0 Å². The summed E-state index contributed by atoms with van der Waals surface area (Å²) in [5.41, 5.74) is 5.61. The van der Waals surface area contributed by atoms with E-state index in [1.807, 2.05) is 0 Å². The van der Waals surface area contributed by atoms with Gasteiger partial charge in [0, 0.05) is 6.04 Å². The Morgan fingerprint density at radius 3 is 2.06 bits per heavy atom. The third-order valence-electron chi connectivity index (χ3n) is 3.90. The average Bonchev–Trinajstić information content (AvgIpc) is 2.36. The van der Waals surface area contributed by atoms with Crippen LogP contribution in [0.1, 0.15) is 66.2 Å². The molecule has 0 heterocycles. The quantitative estimate of drug-likeness (QED) is 0.577. The third kappa shape index (κ3) is 5.85. The zero-order valence-electron chi connectivity index (χ0n) is 12.7. The van der Waals surface area contributed by atoms with Crippen LogP contribution in [0, 0.1) is 5.92 Å². The first kappa shape index (κ1) is 17.4. The second-order valence-corrected chi connectivity index (χ2v) is 5.06. The fourth-order valence-corrected chi connectivity index (χ4v) is 2.81. The number of primary amides is 1. The number of unbranched alkanes of at least 4 members (excludes halogenated alkanes) is 3. The van der Waals surface area contributed by atoms with Gasteiger partial charge in [-0.2, -0.15) is 0 Å². The lowest BCUT2D eigenvalue weighted by Gasteiger charge is -2.34. The van der Waals surface area contributed by atoms with E-state index in [4.69, 9.17) is 5.73 Å². The van der Waals surface area contributed by atoms with Crippen molar-refractivity contribution in [2.24, 2.45) is 11.7 Å². The molecule has 0 bridgehead atoms. The van der Waals surface area contributed by atoms with E-state index in [-0.39, 0.29) is 11.8 Å². The van der Waals surface area contributed by atoms with E-state index in [1.165, 1.54) is 19.3 Å². The van der Waals surface area contributed by atoms with Crippen molar-refractivity contribution < 1.29 is 4.79 Å². The number of hydrogen-bond acceptors (Lipinski definition) is 2. The van der Waals surface area contributed by atoms with E-state index in [0.717, 1.165) is 32.4 Å². The van der Waals surface area contributed by atoms with Gasteiger partial charge in [0.05, 0.1) is 5.92 Å². The molecule has 3 nitrogen and oxygen atoms in total. The Morgan fingerprint density at radius 2 is 1.67 bits per heavy atom. The lowest BCUT2D eigenvalue weighted by molar-refractivity contribution is -0.124. The Labute approximate surface area is 113 Å².